The SMILES string of the molecule is CC(Nc1cc(=O)[nH]cn1)c1ccccc1Cl. The van der Waals surface area contributed by atoms with E-state index >= 15 is 0 Å². The number of rotatable bonds is 3. The van der Waals surface area contributed by atoms with Crippen molar-refractivity contribution in [1.29, 1.82) is 0 Å². The van der Waals surface area contributed by atoms with E-state index in [4.69, 9.17) is 11.6 Å². The van der Waals surface area contributed by atoms with E-state index in [1.165, 1.54) is 12.4 Å². The fraction of sp³-hybridized carbons (Fsp3) is 0.167. The molecule has 4 nitrogen and oxygen atoms in total. The van der Waals surface area contributed by atoms with E-state index in [1.807, 2.05) is 31.2 Å². The van der Waals surface area contributed by atoms with Crippen molar-refractivity contribution in [2.75, 3.05) is 5.32 Å². The molecule has 0 bridgehead atoms. The molecule has 88 valence electrons. The van der Waals surface area contributed by atoms with Crippen molar-refractivity contribution in [1.82, 2.24) is 9.97 Å². The van der Waals surface area contributed by atoms with Crippen LogP contribution >= 0.6 is 11.6 Å². The minimum atomic E-state index is -0.186. The first kappa shape index (κ1) is 11.7. The molecule has 2 rings (SSSR count). The van der Waals surface area contributed by atoms with E-state index < -0.39 is 0 Å². The van der Waals surface area contributed by atoms with Gasteiger partial charge in [-0.2, -0.15) is 0 Å². The Kier molecular flexibility index (Phi) is 3.44. The van der Waals surface area contributed by atoms with Crippen molar-refractivity contribution in [2.24, 2.45) is 0 Å². The van der Waals surface area contributed by atoms with Gasteiger partial charge < -0.3 is 10.3 Å². The third kappa shape index (κ3) is 2.85. The average Bonchev–Trinajstić information content (AvgIpc) is 2.29. The van der Waals surface area contributed by atoms with Crippen molar-refractivity contribution >= 4 is 17.4 Å². The molecule has 1 aromatic carbocycles. The summed E-state index contributed by atoms with van der Waals surface area (Å²) in [4.78, 5) is 17.6. The maximum absolute atomic E-state index is 11.1. The van der Waals surface area contributed by atoms with Crippen LogP contribution in [0.2, 0.25) is 5.02 Å². The van der Waals surface area contributed by atoms with Crippen LogP contribution in [0, 0.1) is 0 Å². The molecule has 0 amide bonds. The third-order valence-electron chi connectivity index (χ3n) is 2.41. The fourth-order valence-electron chi connectivity index (χ4n) is 1.57. The maximum atomic E-state index is 11.1. The van der Waals surface area contributed by atoms with Gasteiger partial charge in [0.1, 0.15) is 5.82 Å². The minimum absolute atomic E-state index is 0.0157. The van der Waals surface area contributed by atoms with Crippen LogP contribution in [0.4, 0.5) is 5.82 Å². The van der Waals surface area contributed by atoms with E-state index in [0.717, 1.165) is 5.56 Å². The van der Waals surface area contributed by atoms with Crippen LogP contribution < -0.4 is 10.9 Å². The zero-order valence-corrected chi connectivity index (χ0v) is 10.0. The van der Waals surface area contributed by atoms with Gasteiger partial charge in [0.05, 0.1) is 12.4 Å². The molecule has 0 aliphatic rings. The van der Waals surface area contributed by atoms with Crippen LogP contribution in [0.3, 0.4) is 0 Å². The van der Waals surface area contributed by atoms with Crippen molar-refractivity contribution in [2.45, 2.75) is 13.0 Å². The first-order valence-electron chi connectivity index (χ1n) is 5.22. The van der Waals surface area contributed by atoms with E-state index in [9.17, 15) is 4.79 Å². The highest BCUT2D eigenvalue weighted by Crippen LogP contribution is 2.24. The van der Waals surface area contributed by atoms with Gasteiger partial charge in [-0.1, -0.05) is 29.8 Å². The summed E-state index contributed by atoms with van der Waals surface area (Å²) in [6.07, 6.45) is 1.37. The largest absolute Gasteiger partial charge is 0.363 e. The second kappa shape index (κ2) is 5.01. The molecule has 1 unspecified atom stereocenters. The summed E-state index contributed by atoms with van der Waals surface area (Å²) in [5.74, 6) is 0.529. The lowest BCUT2D eigenvalue weighted by molar-refractivity contribution is 0.870. The van der Waals surface area contributed by atoms with Crippen molar-refractivity contribution in [3.63, 3.8) is 0 Å². The van der Waals surface area contributed by atoms with Gasteiger partial charge in [-0.05, 0) is 18.6 Å². The zero-order chi connectivity index (χ0) is 12.3. The van der Waals surface area contributed by atoms with Crippen LogP contribution in [-0.2, 0) is 0 Å². The Labute approximate surface area is 104 Å². The van der Waals surface area contributed by atoms with Gasteiger partial charge in [-0.15, -0.1) is 0 Å². The highest BCUT2D eigenvalue weighted by molar-refractivity contribution is 6.31. The lowest BCUT2D eigenvalue weighted by Crippen LogP contribution is -2.12. The van der Waals surface area contributed by atoms with Gasteiger partial charge in [0.2, 0.25) is 0 Å². The third-order valence-corrected chi connectivity index (χ3v) is 2.76. The molecular formula is C12H12ClN3O. The van der Waals surface area contributed by atoms with E-state index in [2.05, 4.69) is 15.3 Å². The van der Waals surface area contributed by atoms with Crippen LogP contribution in [0.25, 0.3) is 0 Å². The van der Waals surface area contributed by atoms with Gasteiger partial charge in [-0.25, -0.2) is 4.98 Å². The van der Waals surface area contributed by atoms with Crippen molar-refractivity contribution in [3.8, 4) is 0 Å². The maximum Gasteiger partial charge on any atom is 0.252 e. The quantitative estimate of drug-likeness (QED) is 0.879. The Balaban J connectivity index is 2.20. The summed E-state index contributed by atoms with van der Waals surface area (Å²) >= 11 is 6.09. The predicted molar refractivity (Wildman–Crippen MR) is 68.3 cm³/mol. The van der Waals surface area contributed by atoms with Crippen LogP contribution in [0.1, 0.15) is 18.5 Å². The van der Waals surface area contributed by atoms with Gasteiger partial charge in [0.15, 0.2) is 0 Å². The number of nitrogens with one attached hydrogen (secondary N) is 2. The van der Waals surface area contributed by atoms with Gasteiger partial charge in [0, 0.05) is 11.1 Å². The van der Waals surface area contributed by atoms with E-state index in [-0.39, 0.29) is 11.6 Å². The van der Waals surface area contributed by atoms with Crippen LogP contribution in [-0.4, -0.2) is 9.97 Å². The average molecular weight is 250 g/mol. The van der Waals surface area contributed by atoms with Crippen LogP contribution in [0.5, 0.6) is 0 Å². The topological polar surface area (TPSA) is 57.8 Å². The summed E-state index contributed by atoms with van der Waals surface area (Å²) in [6, 6.07) is 8.97. The number of benzene rings is 1. The molecule has 0 saturated carbocycles. The molecule has 1 aromatic heterocycles. The van der Waals surface area contributed by atoms with Crippen LogP contribution in [0.15, 0.2) is 41.5 Å². The van der Waals surface area contributed by atoms with E-state index in [0.29, 0.717) is 10.8 Å². The molecule has 0 aliphatic heterocycles. The first-order valence-corrected chi connectivity index (χ1v) is 5.60. The number of anilines is 1. The molecule has 5 heteroatoms. The fourth-order valence-corrected chi connectivity index (χ4v) is 1.87. The molecule has 0 spiro atoms. The number of aromatic amines is 1. The summed E-state index contributed by atoms with van der Waals surface area (Å²) < 4.78 is 0. The summed E-state index contributed by atoms with van der Waals surface area (Å²) in [7, 11) is 0. The highest BCUT2D eigenvalue weighted by Gasteiger charge is 2.09. The minimum Gasteiger partial charge on any atom is -0.363 e. The van der Waals surface area contributed by atoms with E-state index in [1.54, 1.807) is 0 Å². The lowest BCUT2D eigenvalue weighted by Gasteiger charge is -2.15. The Morgan fingerprint density at radius 3 is 2.88 bits per heavy atom. The molecule has 1 atom stereocenters. The number of hydrogen-bond donors (Lipinski definition) is 2. The number of nitrogens with zero attached hydrogens (tertiary/aromatic N) is 1. The highest BCUT2D eigenvalue weighted by atomic mass is 35.5. The Bertz CT molecular complexity index is 567. The number of halogens is 1. The Morgan fingerprint density at radius 2 is 2.18 bits per heavy atom. The van der Waals surface area contributed by atoms with Gasteiger partial charge >= 0.3 is 0 Å². The molecule has 17 heavy (non-hydrogen) atoms. The molecule has 2 N–H and O–H groups in total. The number of hydrogen-bond acceptors (Lipinski definition) is 3. The molecule has 0 aliphatic carbocycles. The molecular weight excluding hydrogens is 238 g/mol. The predicted octanol–water partition coefficient (Wildman–Crippen LogP) is 2.60. The van der Waals surface area contributed by atoms with Gasteiger partial charge in [-0.3, -0.25) is 4.79 Å². The Morgan fingerprint density at radius 1 is 1.41 bits per heavy atom. The monoisotopic (exact) mass is 249 g/mol. The molecule has 2 aromatic rings. The smallest absolute Gasteiger partial charge is 0.252 e. The standard InChI is InChI=1S/C12H12ClN3O/c1-8(9-4-2-3-5-10(9)13)16-11-6-12(17)15-7-14-11/h2-8H,1H3,(H2,14,15,16,17). The zero-order valence-electron chi connectivity index (χ0n) is 9.27. The normalized spacial score (nSPS) is 12.1. The number of H-pyrrole nitrogens is 1. The molecule has 0 radical (unpaired) electrons. The second-order valence-corrected chi connectivity index (χ2v) is 4.09. The lowest BCUT2D eigenvalue weighted by atomic mass is 10.1. The Hall–Kier alpha value is -1.81. The number of aromatic nitrogens is 2. The molecule has 0 saturated heterocycles. The first-order chi connectivity index (χ1) is 8.16. The summed E-state index contributed by atoms with van der Waals surface area (Å²) in [6.45, 7) is 1.96. The molecule has 0 fully saturated rings. The van der Waals surface area contributed by atoms with Gasteiger partial charge in [0.25, 0.3) is 5.56 Å². The van der Waals surface area contributed by atoms with Crippen molar-refractivity contribution < 1.29 is 0 Å². The summed E-state index contributed by atoms with van der Waals surface area (Å²) in [5, 5.41) is 3.82. The summed E-state index contributed by atoms with van der Waals surface area (Å²) in [5.41, 5.74) is 0.783. The second-order valence-electron chi connectivity index (χ2n) is 3.68. The van der Waals surface area contributed by atoms with Crippen molar-refractivity contribution in [3.05, 3.63) is 57.6 Å². The molecule has 1 heterocycles.